The highest BCUT2D eigenvalue weighted by Gasteiger charge is 1.95. The zero-order valence-corrected chi connectivity index (χ0v) is 10.1. The molecular weight excluding hydrogens is 170 g/mol. The van der Waals surface area contributed by atoms with Crippen LogP contribution in [-0.2, 0) is 0 Å². The zero-order valence-electron chi connectivity index (χ0n) is 10.1. The molecule has 0 heterocycles. The summed E-state index contributed by atoms with van der Waals surface area (Å²) in [7, 11) is 0. The van der Waals surface area contributed by atoms with Crippen LogP contribution >= 0.6 is 0 Å². The van der Waals surface area contributed by atoms with E-state index in [0.29, 0.717) is 0 Å². The first kappa shape index (κ1) is 13.5. The van der Waals surface area contributed by atoms with Crippen molar-refractivity contribution in [3.63, 3.8) is 0 Å². The van der Waals surface area contributed by atoms with E-state index >= 15 is 0 Å². The third-order valence-electron chi connectivity index (χ3n) is 2.45. The molecule has 0 aliphatic heterocycles. The second kappa shape index (κ2) is 10.6. The third kappa shape index (κ3) is 8.13. The van der Waals surface area contributed by atoms with Crippen LogP contribution in [0.3, 0.4) is 0 Å². The molecule has 1 heteroatoms. The molecular formula is C13H25N. The Hall–Kier alpha value is -0.480. The maximum Gasteiger partial charge on any atom is 0.0101 e. The summed E-state index contributed by atoms with van der Waals surface area (Å²) < 4.78 is 0. The van der Waals surface area contributed by atoms with Crippen molar-refractivity contribution in [3.8, 4) is 11.8 Å². The van der Waals surface area contributed by atoms with E-state index in [1.807, 2.05) is 0 Å². The van der Waals surface area contributed by atoms with Crippen molar-refractivity contribution in [1.29, 1.82) is 0 Å². The molecule has 0 fully saturated rings. The van der Waals surface area contributed by atoms with Gasteiger partial charge in [0.05, 0.1) is 0 Å². The maximum absolute atomic E-state index is 3.25. The molecule has 82 valence electrons. The fraction of sp³-hybridized carbons (Fsp3) is 0.846. The van der Waals surface area contributed by atoms with Crippen LogP contribution in [0.5, 0.6) is 0 Å². The molecule has 0 aromatic heterocycles. The Morgan fingerprint density at radius 2 is 1.43 bits per heavy atom. The molecule has 0 unspecified atom stereocenters. The summed E-state index contributed by atoms with van der Waals surface area (Å²) in [5.74, 6) is 6.47. The average molecular weight is 195 g/mol. The van der Waals surface area contributed by atoms with Gasteiger partial charge in [-0.15, -0.1) is 11.8 Å². The summed E-state index contributed by atoms with van der Waals surface area (Å²) in [5.41, 5.74) is 0. The number of rotatable bonds is 7. The monoisotopic (exact) mass is 195 g/mol. The van der Waals surface area contributed by atoms with Gasteiger partial charge < -0.3 is 4.90 Å². The molecule has 0 radical (unpaired) electrons. The molecule has 0 spiro atoms. The number of unbranched alkanes of at least 4 members (excludes halogenated alkanes) is 3. The third-order valence-corrected chi connectivity index (χ3v) is 2.45. The average Bonchev–Trinajstić information content (AvgIpc) is 2.22. The van der Waals surface area contributed by atoms with E-state index < -0.39 is 0 Å². The summed E-state index contributed by atoms with van der Waals surface area (Å²) >= 11 is 0. The first-order valence-electron chi connectivity index (χ1n) is 6.03. The van der Waals surface area contributed by atoms with Gasteiger partial charge in [-0.2, -0.15) is 0 Å². The normalized spacial score (nSPS) is 10.0. The van der Waals surface area contributed by atoms with Crippen molar-refractivity contribution in [2.24, 2.45) is 0 Å². The summed E-state index contributed by atoms with van der Waals surface area (Å²) in [6.07, 6.45) is 5.89. The van der Waals surface area contributed by atoms with Gasteiger partial charge in [0, 0.05) is 12.8 Å². The van der Waals surface area contributed by atoms with Gasteiger partial charge in [-0.25, -0.2) is 0 Å². The van der Waals surface area contributed by atoms with Gasteiger partial charge >= 0.3 is 0 Å². The number of nitrogens with zero attached hydrogens (tertiary/aromatic N) is 1. The molecule has 0 rings (SSSR count). The Bertz CT molecular complexity index is 160. The van der Waals surface area contributed by atoms with Crippen molar-refractivity contribution < 1.29 is 0 Å². The first-order chi connectivity index (χ1) is 6.85. The van der Waals surface area contributed by atoms with Gasteiger partial charge in [0.15, 0.2) is 0 Å². The molecule has 1 nitrogen and oxygen atoms in total. The molecule has 0 atom stereocenters. The van der Waals surface area contributed by atoms with E-state index in [4.69, 9.17) is 0 Å². The summed E-state index contributed by atoms with van der Waals surface area (Å²) in [6, 6.07) is 0. The summed E-state index contributed by atoms with van der Waals surface area (Å²) in [4.78, 5) is 2.45. The Balaban J connectivity index is 3.29. The van der Waals surface area contributed by atoms with Gasteiger partial charge in [-0.05, 0) is 32.5 Å². The van der Waals surface area contributed by atoms with Crippen LogP contribution in [0.2, 0.25) is 0 Å². The summed E-state index contributed by atoms with van der Waals surface area (Å²) in [5, 5.41) is 0. The highest BCUT2D eigenvalue weighted by molar-refractivity contribution is 4.98. The Morgan fingerprint density at radius 1 is 0.857 bits per heavy atom. The van der Waals surface area contributed by atoms with Crippen molar-refractivity contribution >= 4 is 0 Å². The van der Waals surface area contributed by atoms with E-state index in [2.05, 4.69) is 37.5 Å². The molecule has 14 heavy (non-hydrogen) atoms. The fourth-order valence-electron chi connectivity index (χ4n) is 1.37. The molecule has 0 amide bonds. The van der Waals surface area contributed by atoms with Crippen molar-refractivity contribution in [2.45, 2.75) is 52.9 Å². The lowest BCUT2D eigenvalue weighted by molar-refractivity contribution is 0.301. The molecule has 0 saturated heterocycles. The largest absolute Gasteiger partial charge is 0.304 e. The smallest absolute Gasteiger partial charge is 0.0101 e. The van der Waals surface area contributed by atoms with Crippen LogP contribution in [-0.4, -0.2) is 24.5 Å². The van der Waals surface area contributed by atoms with Crippen LogP contribution in [0.4, 0.5) is 0 Å². The lowest BCUT2D eigenvalue weighted by atomic mass is 10.2. The Morgan fingerprint density at radius 3 is 1.93 bits per heavy atom. The lowest BCUT2D eigenvalue weighted by Crippen LogP contribution is -2.23. The molecule has 0 N–H and O–H groups in total. The molecule has 0 aliphatic rings. The standard InChI is InChI=1S/C13H25N/c1-4-7-8-9-10-11-12-13-14(5-2)6-3/h4-8,11-13H2,1-3H3. The highest BCUT2D eigenvalue weighted by atomic mass is 15.1. The van der Waals surface area contributed by atoms with Gasteiger partial charge in [0.25, 0.3) is 0 Å². The summed E-state index contributed by atoms with van der Waals surface area (Å²) in [6.45, 7) is 10.2. The van der Waals surface area contributed by atoms with Crippen molar-refractivity contribution in [1.82, 2.24) is 4.90 Å². The van der Waals surface area contributed by atoms with E-state index in [1.54, 1.807) is 0 Å². The predicted octanol–water partition coefficient (Wildman–Crippen LogP) is 3.30. The second-order valence-electron chi connectivity index (χ2n) is 3.59. The van der Waals surface area contributed by atoms with Gasteiger partial charge in [0.2, 0.25) is 0 Å². The van der Waals surface area contributed by atoms with Crippen LogP contribution < -0.4 is 0 Å². The zero-order chi connectivity index (χ0) is 10.6. The molecule has 0 aliphatic carbocycles. The van der Waals surface area contributed by atoms with E-state index in [1.165, 1.54) is 38.9 Å². The molecule has 0 bridgehead atoms. The van der Waals surface area contributed by atoms with Crippen LogP contribution in [0.15, 0.2) is 0 Å². The van der Waals surface area contributed by atoms with Crippen molar-refractivity contribution in [2.75, 3.05) is 19.6 Å². The van der Waals surface area contributed by atoms with E-state index in [-0.39, 0.29) is 0 Å². The molecule has 0 aromatic carbocycles. The minimum atomic E-state index is 1.07. The Kier molecular flexibility index (Phi) is 10.2. The lowest BCUT2D eigenvalue weighted by Gasteiger charge is -2.16. The number of hydrogen-bond donors (Lipinski definition) is 0. The fourth-order valence-corrected chi connectivity index (χ4v) is 1.37. The van der Waals surface area contributed by atoms with E-state index in [9.17, 15) is 0 Å². The quantitative estimate of drug-likeness (QED) is 0.445. The van der Waals surface area contributed by atoms with Crippen LogP contribution in [0.1, 0.15) is 52.9 Å². The van der Waals surface area contributed by atoms with Gasteiger partial charge in [-0.3, -0.25) is 0 Å². The van der Waals surface area contributed by atoms with Gasteiger partial charge in [-0.1, -0.05) is 27.2 Å². The van der Waals surface area contributed by atoms with E-state index in [0.717, 1.165) is 12.8 Å². The predicted molar refractivity (Wildman–Crippen MR) is 64.3 cm³/mol. The van der Waals surface area contributed by atoms with Gasteiger partial charge in [0.1, 0.15) is 0 Å². The Labute approximate surface area is 89.9 Å². The maximum atomic E-state index is 3.25. The topological polar surface area (TPSA) is 3.24 Å². The highest BCUT2D eigenvalue weighted by Crippen LogP contribution is 1.95. The molecule has 0 saturated carbocycles. The van der Waals surface area contributed by atoms with Crippen molar-refractivity contribution in [3.05, 3.63) is 0 Å². The first-order valence-corrected chi connectivity index (χ1v) is 6.03. The SMILES string of the molecule is CCCCC#CCCCN(CC)CC. The number of hydrogen-bond acceptors (Lipinski definition) is 1. The van der Waals surface area contributed by atoms with Crippen LogP contribution in [0.25, 0.3) is 0 Å². The second-order valence-corrected chi connectivity index (χ2v) is 3.59. The minimum absolute atomic E-state index is 1.07. The van der Waals surface area contributed by atoms with Crippen LogP contribution in [0, 0.1) is 11.8 Å². The minimum Gasteiger partial charge on any atom is -0.304 e. The molecule has 0 aromatic rings.